The van der Waals surface area contributed by atoms with E-state index in [9.17, 15) is 0 Å². The smallest absolute Gasteiger partial charge is 0.0738 e. The molecule has 1 fully saturated rings. The predicted molar refractivity (Wildman–Crippen MR) is 65.3 cm³/mol. The highest BCUT2D eigenvalue weighted by atomic mass is 35.5. The quantitative estimate of drug-likeness (QED) is 0.838. The van der Waals surface area contributed by atoms with Gasteiger partial charge in [-0.2, -0.15) is 0 Å². The molecular weight excluding hydrogens is 226 g/mol. The molecule has 0 saturated carbocycles. The number of aromatic nitrogens is 3. The summed E-state index contributed by atoms with van der Waals surface area (Å²) in [5, 5.41) is 7.82. The molecule has 0 aromatic carbocycles. The first-order valence-electron chi connectivity index (χ1n) is 5.55. The molecule has 1 unspecified atom stereocenters. The number of likely N-dealkylation sites (tertiary alicyclic amines) is 1. The Kier molecular flexibility index (Phi) is 5.18. The van der Waals surface area contributed by atoms with Crippen LogP contribution in [0, 0.1) is 5.92 Å². The fourth-order valence-corrected chi connectivity index (χ4v) is 2.17. The van der Waals surface area contributed by atoms with Crippen molar-refractivity contribution >= 4 is 12.4 Å². The second-order valence-electron chi connectivity index (χ2n) is 4.33. The average Bonchev–Trinajstić information content (AvgIpc) is 2.65. The molecule has 0 radical (unpaired) electrons. The molecule has 0 amide bonds. The third-order valence-corrected chi connectivity index (χ3v) is 3.13. The van der Waals surface area contributed by atoms with Crippen LogP contribution in [0.1, 0.15) is 18.5 Å². The standard InChI is InChI=1S/C10H19N5.ClH/c1-14-10(6-12-13-14)8-15-4-2-3-9(5-11)7-15;/h6,9H,2-5,7-8,11H2,1H3;1H. The van der Waals surface area contributed by atoms with E-state index in [1.54, 1.807) is 0 Å². The van der Waals surface area contributed by atoms with Crippen molar-refractivity contribution in [3.05, 3.63) is 11.9 Å². The van der Waals surface area contributed by atoms with E-state index in [1.807, 2.05) is 17.9 Å². The first kappa shape index (κ1) is 13.4. The van der Waals surface area contributed by atoms with Crippen LogP contribution in [0.25, 0.3) is 0 Å². The van der Waals surface area contributed by atoms with Crippen LogP contribution in [0.2, 0.25) is 0 Å². The SMILES string of the molecule is Cl.Cn1nncc1CN1CCCC(CN)C1. The van der Waals surface area contributed by atoms with Gasteiger partial charge in [0.25, 0.3) is 0 Å². The van der Waals surface area contributed by atoms with Crippen molar-refractivity contribution in [2.24, 2.45) is 18.7 Å². The van der Waals surface area contributed by atoms with Gasteiger partial charge in [-0.05, 0) is 31.8 Å². The summed E-state index contributed by atoms with van der Waals surface area (Å²) in [6, 6.07) is 0. The molecule has 1 aromatic rings. The fourth-order valence-electron chi connectivity index (χ4n) is 2.17. The van der Waals surface area contributed by atoms with Crippen molar-refractivity contribution in [1.82, 2.24) is 19.9 Å². The van der Waals surface area contributed by atoms with Crippen molar-refractivity contribution in [2.45, 2.75) is 19.4 Å². The molecule has 1 saturated heterocycles. The van der Waals surface area contributed by atoms with Crippen molar-refractivity contribution in [3.63, 3.8) is 0 Å². The lowest BCUT2D eigenvalue weighted by atomic mass is 9.98. The second-order valence-corrected chi connectivity index (χ2v) is 4.33. The summed E-state index contributed by atoms with van der Waals surface area (Å²) >= 11 is 0. The Morgan fingerprint density at radius 1 is 1.56 bits per heavy atom. The van der Waals surface area contributed by atoms with E-state index in [1.165, 1.54) is 25.1 Å². The van der Waals surface area contributed by atoms with Gasteiger partial charge in [0.15, 0.2) is 0 Å². The van der Waals surface area contributed by atoms with Crippen LogP contribution >= 0.6 is 12.4 Å². The largest absolute Gasteiger partial charge is 0.330 e. The molecule has 1 aromatic heterocycles. The van der Waals surface area contributed by atoms with Gasteiger partial charge in [-0.1, -0.05) is 5.21 Å². The highest BCUT2D eigenvalue weighted by molar-refractivity contribution is 5.85. The maximum absolute atomic E-state index is 5.71. The Bertz CT molecular complexity index is 314. The number of hydrogen-bond donors (Lipinski definition) is 1. The summed E-state index contributed by atoms with van der Waals surface area (Å²) in [4.78, 5) is 2.44. The van der Waals surface area contributed by atoms with E-state index >= 15 is 0 Å². The van der Waals surface area contributed by atoms with Gasteiger partial charge in [0, 0.05) is 20.1 Å². The zero-order valence-corrected chi connectivity index (χ0v) is 10.5. The van der Waals surface area contributed by atoms with E-state index in [-0.39, 0.29) is 12.4 Å². The summed E-state index contributed by atoms with van der Waals surface area (Å²) < 4.78 is 1.84. The number of aryl methyl sites for hydroxylation is 1. The molecular formula is C10H20ClN5. The van der Waals surface area contributed by atoms with Crippen LogP contribution in [0.4, 0.5) is 0 Å². The van der Waals surface area contributed by atoms with Crippen LogP contribution in [0.5, 0.6) is 0 Å². The van der Waals surface area contributed by atoms with Gasteiger partial charge < -0.3 is 5.73 Å². The Balaban J connectivity index is 0.00000128. The Hall–Kier alpha value is -0.650. The molecule has 2 N–H and O–H groups in total. The highest BCUT2D eigenvalue weighted by Crippen LogP contribution is 2.16. The first-order chi connectivity index (χ1) is 7.29. The van der Waals surface area contributed by atoms with E-state index in [0.29, 0.717) is 5.92 Å². The highest BCUT2D eigenvalue weighted by Gasteiger charge is 2.19. The molecule has 0 spiro atoms. The number of halogens is 1. The molecule has 1 atom stereocenters. The van der Waals surface area contributed by atoms with Crippen molar-refractivity contribution in [3.8, 4) is 0 Å². The fraction of sp³-hybridized carbons (Fsp3) is 0.800. The van der Waals surface area contributed by atoms with E-state index in [0.717, 1.165) is 19.6 Å². The maximum Gasteiger partial charge on any atom is 0.0738 e. The zero-order chi connectivity index (χ0) is 10.7. The molecule has 1 aliphatic heterocycles. The van der Waals surface area contributed by atoms with E-state index in [2.05, 4.69) is 15.2 Å². The minimum atomic E-state index is 0. The van der Waals surface area contributed by atoms with Crippen molar-refractivity contribution in [1.29, 1.82) is 0 Å². The topological polar surface area (TPSA) is 60.0 Å². The lowest BCUT2D eigenvalue weighted by molar-refractivity contribution is 0.167. The number of hydrogen-bond acceptors (Lipinski definition) is 4. The molecule has 6 heteroatoms. The summed E-state index contributed by atoms with van der Waals surface area (Å²) in [7, 11) is 1.94. The van der Waals surface area contributed by atoms with Crippen LogP contribution in [0.3, 0.4) is 0 Å². The van der Waals surface area contributed by atoms with Gasteiger partial charge in [0.1, 0.15) is 0 Å². The monoisotopic (exact) mass is 245 g/mol. The van der Waals surface area contributed by atoms with Crippen LogP contribution in [-0.4, -0.2) is 39.5 Å². The number of piperidine rings is 1. The van der Waals surface area contributed by atoms with Gasteiger partial charge in [0.2, 0.25) is 0 Å². The minimum absolute atomic E-state index is 0. The van der Waals surface area contributed by atoms with Gasteiger partial charge in [-0.3, -0.25) is 9.58 Å². The Morgan fingerprint density at radius 3 is 3.00 bits per heavy atom. The van der Waals surface area contributed by atoms with E-state index in [4.69, 9.17) is 5.73 Å². The van der Waals surface area contributed by atoms with Gasteiger partial charge in [-0.25, -0.2) is 0 Å². The van der Waals surface area contributed by atoms with Crippen molar-refractivity contribution < 1.29 is 0 Å². The molecule has 16 heavy (non-hydrogen) atoms. The third kappa shape index (κ3) is 3.17. The minimum Gasteiger partial charge on any atom is -0.330 e. The number of nitrogens with zero attached hydrogens (tertiary/aromatic N) is 4. The zero-order valence-electron chi connectivity index (χ0n) is 9.67. The normalized spacial score (nSPS) is 21.8. The number of rotatable bonds is 3. The van der Waals surface area contributed by atoms with Crippen molar-refractivity contribution in [2.75, 3.05) is 19.6 Å². The molecule has 2 heterocycles. The van der Waals surface area contributed by atoms with Crippen LogP contribution in [-0.2, 0) is 13.6 Å². The van der Waals surface area contributed by atoms with Gasteiger partial charge in [-0.15, -0.1) is 17.5 Å². The molecule has 1 aliphatic rings. The molecule has 5 nitrogen and oxygen atoms in total. The summed E-state index contributed by atoms with van der Waals surface area (Å²) in [6.07, 6.45) is 4.37. The third-order valence-electron chi connectivity index (χ3n) is 3.13. The Labute approximate surface area is 102 Å². The predicted octanol–water partition coefficient (Wildman–Crippen LogP) is 0.408. The van der Waals surface area contributed by atoms with E-state index < -0.39 is 0 Å². The summed E-state index contributed by atoms with van der Waals surface area (Å²) in [5.74, 6) is 0.667. The molecule has 92 valence electrons. The number of nitrogens with two attached hydrogens (primary N) is 1. The summed E-state index contributed by atoms with van der Waals surface area (Å²) in [6.45, 7) is 4.03. The summed E-state index contributed by atoms with van der Waals surface area (Å²) in [5.41, 5.74) is 6.89. The molecule has 0 aliphatic carbocycles. The lowest BCUT2D eigenvalue weighted by Gasteiger charge is -2.31. The maximum atomic E-state index is 5.71. The first-order valence-corrected chi connectivity index (χ1v) is 5.55. The molecule has 2 rings (SSSR count). The lowest BCUT2D eigenvalue weighted by Crippen LogP contribution is -2.38. The molecule has 0 bridgehead atoms. The Morgan fingerprint density at radius 2 is 2.38 bits per heavy atom. The van der Waals surface area contributed by atoms with Gasteiger partial charge in [0.05, 0.1) is 11.9 Å². The average molecular weight is 246 g/mol. The second kappa shape index (κ2) is 6.18. The van der Waals surface area contributed by atoms with Crippen LogP contribution < -0.4 is 5.73 Å². The van der Waals surface area contributed by atoms with Crippen LogP contribution in [0.15, 0.2) is 6.20 Å². The van der Waals surface area contributed by atoms with Gasteiger partial charge >= 0.3 is 0 Å².